The first-order chi connectivity index (χ1) is 15.3. The van der Waals surface area contributed by atoms with Crippen molar-refractivity contribution in [2.24, 2.45) is 11.8 Å². The van der Waals surface area contributed by atoms with E-state index >= 15 is 0 Å². The molecule has 0 unspecified atom stereocenters. The molecule has 4 rings (SSSR count). The fourth-order valence-corrected chi connectivity index (χ4v) is 5.15. The summed E-state index contributed by atoms with van der Waals surface area (Å²) in [6.45, 7) is 2.29. The minimum Gasteiger partial charge on any atom is -0.406 e. The van der Waals surface area contributed by atoms with Crippen LogP contribution in [0.15, 0.2) is 48.0 Å². The number of fused-ring (bicyclic) bond motifs is 1. The maximum Gasteiger partial charge on any atom is 0.573 e. The molecule has 1 fully saturated rings. The van der Waals surface area contributed by atoms with E-state index in [2.05, 4.69) is 17.7 Å². The van der Waals surface area contributed by atoms with E-state index < -0.39 is 6.36 Å². The summed E-state index contributed by atoms with van der Waals surface area (Å²) in [6.07, 6.45) is 8.12. The Labute approximate surface area is 187 Å². The zero-order valence-electron chi connectivity index (χ0n) is 18.5. The molecule has 172 valence electrons. The normalized spacial score (nSPS) is 21.1. The van der Waals surface area contributed by atoms with Crippen LogP contribution in [-0.2, 0) is 12.8 Å². The van der Waals surface area contributed by atoms with E-state index in [1.807, 2.05) is 6.07 Å². The lowest BCUT2D eigenvalue weighted by Crippen LogP contribution is -2.16. The molecule has 2 aliphatic carbocycles. The van der Waals surface area contributed by atoms with Gasteiger partial charge in [0.1, 0.15) is 11.6 Å². The Morgan fingerprint density at radius 3 is 2.28 bits per heavy atom. The minimum atomic E-state index is -4.74. The number of rotatable bonds is 6. The Morgan fingerprint density at radius 2 is 1.62 bits per heavy atom. The van der Waals surface area contributed by atoms with Gasteiger partial charge in [0.05, 0.1) is 0 Å². The van der Waals surface area contributed by atoms with E-state index in [1.165, 1.54) is 68.4 Å². The molecule has 2 aliphatic rings. The summed E-state index contributed by atoms with van der Waals surface area (Å²) in [7, 11) is 0. The third kappa shape index (κ3) is 5.73. The smallest absolute Gasteiger partial charge is 0.406 e. The van der Waals surface area contributed by atoms with Gasteiger partial charge in [0.15, 0.2) is 0 Å². The molecule has 5 heteroatoms. The molecule has 0 N–H and O–H groups in total. The van der Waals surface area contributed by atoms with Gasteiger partial charge in [-0.3, -0.25) is 0 Å². The van der Waals surface area contributed by atoms with E-state index in [4.69, 9.17) is 0 Å². The quantitative estimate of drug-likeness (QED) is 0.320. The predicted octanol–water partition coefficient (Wildman–Crippen LogP) is 8.41. The molecule has 0 saturated heterocycles. The monoisotopic (exact) mass is 446 g/mol. The van der Waals surface area contributed by atoms with Crippen LogP contribution in [0.5, 0.6) is 5.75 Å². The number of hydrogen-bond donors (Lipinski definition) is 0. The van der Waals surface area contributed by atoms with Crippen LogP contribution in [0, 0.1) is 17.7 Å². The summed E-state index contributed by atoms with van der Waals surface area (Å²) < 4.78 is 55.8. The number of halogens is 4. The summed E-state index contributed by atoms with van der Waals surface area (Å²) in [5, 5.41) is 0. The molecule has 1 nitrogen and oxygen atoms in total. The van der Waals surface area contributed by atoms with Crippen molar-refractivity contribution in [3.05, 3.63) is 65.0 Å². The second-order valence-electron chi connectivity index (χ2n) is 9.25. The van der Waals surface area contributed by atoms with Crippen LogP contribution < -0.4 is 4.74 Å². The van der Waals surface area contributed by atoms with Crippen molar-refractivity contribution in [2.75, 3.05) is 0 Å². The SMILES string of the molecule is CCC1CCC(CCC2=CCc3cc(-c4ccc(OC(F)(F)F)cc4)c(F)cc3C2)CC1. The maximum absolute atomic E-state index is 14.9. The predicted molar refractivity (Wildman–Crippen MR) is 119 cm³/mol. The maximum atomic E-state index is 14.9. The fraction of sp³-hybridized carbons (Fsp3) is 0.481. The molecule has 0 atom stereocenters. The lowest BCUT2D eigenvalue weighted by molar-refractivity contribution is -0.274. The van der Waals surface area contributed by atoms with Crippen LogP contribution in [0.25, 0.3) is 11.1 Å². The first kappa shape index (κ1) is 22.9. The summed E-state index contributed by atoms with van der Waals surface area (Å²) in [5.41, 5.74) is 4.46. The summed E-state index contributed by atoms with van der Waals surface area (Å²) in [5.74, 6) is 1.09. The number of allylic oxidation sites excluding steroid dienone is 2. The second-order valence-corrected chi connectivity index (χ2v) is 9.25. The molecule has 0 aliphatic heterocycles. The molecule has 0 aromatic heterocycles. The van der Waals surface area contributed by atoms with Crippen LogP contribution in [0.4, 0.5) is 17.6 Å². The van der Waals surface area contributed by atoms with E-state index in [1.54, 1.807) is 6.07 Å². The number of ether oxygens (including phenoxy) is 1. The minimum absolute atomic E-state index is 0.310. The van der Waals surface area contributed by atoms with Gasteiger partial charge in [-0.2, -0.15) is 0 Å². The van der Waals surface area contributed by atoms with Crippen molar-refractivity contribution in [3.8, 4) is 16.9 Å². The Morgan fingerprint density at radius 1 is 0.938 bits per heavy atom. The van der Waals surface area contributed by atoms with Crippen molar-refractivity contribution in [1.29, 1.82) is 0 Å². The Balaban J connectivity index is 1.39. The van der Waals surface area contributed by atoms with Gasteiger partial charge in [0.2, 0.25) is 0 Å². The van der Waals surface area contributed by atoms with Crippen molar-refractivity contribution in [1.82, 2.24) is 0 Å². The molecule has 0 radical (unpaired) electrons. The largest absolute Gasteiger partial charge is 0.573 e. The molecule has 0 heterocycles. The first-order valence-corrected chi connectivity index (χ1v) is 11.7. The van der Waals surface area contributed by atoms with Gasteiger partial charge in [0, 0.05) is 5.56 Å². The highest BCUT2D eigenvalue weighted by Crippen LogP contribution is 2.36. The van der Waals surface area contributed by atoms with E-state index in [0.29, 0.717) is 11.1 Å². The highest BCUT2D eigenvalue weighted by molar-refractivity contribution is 5.67. The third-order valence-electron chi connectivity index (χ3n) is 7.13. The van der Waals surface area contributed by atoms with Gasteiger partial charge >= 0.3 is 6.36 Å². The van der Waals surface area contributed by atoms with E-state index in [0.717, 1.165) is 42.2 Å². The molecule has 32 heavy (non-hydrogen) atoms. The van der Waals surface area contributed by atoms with Crippen molar-refractivity contribution >= 4 is 0 Å². The molecular weight excluding hydrogens is 416 g/mol. The van der Waals surface area contributed by atoms with Crippen molar-refractivity contribution < 1.29 is 22.3 Å². The Hall–Kier alpha value is -2.30. The molecular formula is C27H30F4O. The highest BCUT2D eigenvalue weighted by atomic mass is 19.4. The van der Waals surface area contributed by atoms with Crippen molar-refractivity contribution in [3.63, 3.8) is 0 Å². The van der Waals surface area contributed by atoms with E-state index in [-0.39, 0.29) is 11.6 Å². The van der Waals surface area contributed by atoms with Gasteiger partial charge in [-0.05, 0) is 78.5 Å². The topological polar surface area (TPSA) is 9.23 Å². The molecule has 1 saturated carbocycles. The zero-order valence-corrected chi connectivity index (χ0v) is 18.5. The average Bonchev–Trinajstić information content (AvgIpc) is 2.77. The van der Waals surface area contributed by atoms with Crippen molar-refractivity contribution in [2.45, 2.75) is 71.1 Å². The Kier molecular flexibility index (Phi) is 6.92. The molecule has 0 spiro atoms. The second kappa shape index (κ2) is 9.68. The summed E-state index contributed by atoms with van der Waals surface area (Å²) >= 11 is 0. The summed E-state index contributed by atoms with van der Waals surface area (Å²) in [4.78, 5) is 0. The number of alkyl halides is 3. The summed E-state index contributed by atoms with van der Waals surface area (Å²) in [6, 6.07) is 8.79. The van der Waals surface area contributed by atoms with Crippen LogP contribution in [0.1, 0.15) is 63.0 Å². The van der Waals surface area contributed by atoms with Gasteiger partial charge < -0.3 is 4.74 Å². The fourth-order valence-electron chi connectivity index (χ4n) is 5.15. The van der Waals surface area contributed by atoms with Gasteiger partial charge in [-0.1, -0.05) is 62.8 Å². The molecule has 0 amide bonds. The van der Waals surface area contributed by atoms with Gasteiger partial charge in [-0.25, -0.2) is 4.39 Å². The average molecular weight is 447 g/mol. The number of hydrogen-bond acceptors (Lipinski definition) is 1. The lowest BCUT2D eigenvalue weighted by atomic mass is 9.78. The van der Waals surface area contributed by atoms with Gasteiger partial charge in [-0.15, -0.1) is 13.2 Å². The van der Waals surface area contributed by atoms with Crippen LogP contribution in [0.2, 0.25) is 0 Å². The first-order valence-electron chi connectivity index (χ1n) is 11.7. The lowest BCUT2D eigenvalue weighted by Gasteiger charge is -2.28. The molecule has 2 aromatic carbocycles. The van der Waals surface area contributed by atoms with Crippen LogP contribution >= 0.6 is 0 Å². The number of benzene rings is 2. The zero-order chi connectivity index (χ0) is 22.7. The molecule has 2 aromatic rings. The third-order valence-corrected chi connectivity index (χ3v) is 7.13. The Bertz CT molecular complexity index is 951. The van der Waals surface area contributed by atoms with Crippen LogP contribution in [-0.4, -0.2) is 6.36 Å². The van der Waals surface area contributed by atoms with Gasteiger partial charge in [0.25, 0.3) is 0 Å². The van der Waals surface area contributed by atoms with E-state index in [9.17, 15) is 17.6 Å². The standard InChI is InChI=1S/C27H30F4O/c1-2-18-3-5-19(6-4-18)7-8-20-9-10-22-16-25(26(28)17-23(22)15-20)21-11-13-24(14-12-21)32-27(29,30)31/h9,11-14,16-19H,2-8,10,15H2,1H3. The highest BCUT2D eigenvalue weighted by Gasteiger charge is 2.31. The van der Waals surface area contributed by atoms with Crippen LogP contribution in [0.3, 0.4) is 0 Å². The molecule has 0 bridgehead atoms.